The first kappa shape index (κ1) is 17.8. The number of rotatable bonds is 11. The van der Waals surface area contributed by atoms with E-state index in [0.717, 1.165) is 50.5 Å². The van der Waals surface area contributed by atoms with Crippen LogP contribution in [0.3, 0.4) is 0 Å². The van der Waals surface area contributed by atoms with Crippen molar-refractivity contribution in [3.05, 3.63) is 23.8 Å². The van der Waals surface area contributed by atoms with Crippen molar-refractivity contribution in [2.75, 3.05) is 32.1 Å². The van der Waals surface area contributed by atoms with Gasteiger partial charge < -0.3 is 20.5 Å². The molecular formula is C17H30N2O2. The van der Waals surface area contributed by atoms with E-state index in [4.69, 9.17) is 15.2 Å². The summed E-state index contributed by atoms with van der Waals surface area (Å²) in [7, 11) is 0. The minimum absolute atomic E-state index is 0.424. The minimum Gasteiger partial charge on any atom is -0.491 e. The number of anilines is 1. The van der Waals surface area contributed by atoms with Gasteiger partial charge in [0.25, 0.3) is 0 Å². The summed E-state index contributed by atoms with van der Waals surface area (Å²) in [4.78, 5) is 0. The molecule has 0 aliphatic rings. The number of hydrogen-bond acceptors (Lipinski definition) is 4. The lowest BCUT2D eigenvalue weighted by Crippen LogP contribution is -2.29. The second-order valence-corrected chi connectivity index (χ2v) is 5.33. The van der Waals surface area contributed by atoms with Crippen LogP contribution in [-0.4, -0.2) is 32.4 Å². The summed E-state index contributed by atoms with van der Waals surface area (Å²) >= 11 is 0. The zero-order chi connectivity index (χ0) is 15.5. The van der Waals surface area contributed by atoms with Crippen LogP contribution in [0.4, 0.5) is 5.69 Å². The molecule has 0 aliphatic carbocycles. The SMILES string of the molecule is CCCOc1ccc(CC(C)NCCCOCC)cc1N. The van der Waals surface area contributed by atoms with Crippen molar-refractivity contribution in [3.8, 4) is 5.75 Å². The minimum atomic E-state index is 0.424. The van der Waals surface area contributed by atoms with Crippen molar-refractivity contribution in [1.29, 1.82) is 0 Å². The molecule has 0 saturated heterocycles. The summed E-state index contributed by atoms with van der Waals surface area (Å²) < 4.78 is 10.9. The van der Waals surface area contributed by atoms with Crippen molar-refractivity contribution >= 4 is 5.69 Å². The molecule has 4 nitrogen and oxygen atoms in total. The van der Waals surface area contributed by atoms with Crippen LogP contribution >= 0.6 is 0 Å². The molecule has 120 valence electrons. The number of nitrogens with one attached hydrogen (secondary N) is 1. The first-order valence-corrected chi connectivity index (χ1v) is 7.99. The number of nitrogens with two attached hydrogens (primary N) is 1. The average Bonchev–Trinajstić information content (AvgIpc) is 2.46. The molecule has 21 heavy (non-hydrogen) atoms. The Morgan fingerprint density at radius 1 is 1.24 bits per heavy atom. The second-order valence-electron chi connectivity index (χ2n) is 5.33. The Bertz CT molecular complexity index is 396. The Morgan fingerprint density at radius 3 is 2.71 bits per heavy atom. The Kier molecular flexibility index (Phi) is 8.87. The summed E-state index contributed by atoms with van der Waals surface area (Å²) in [5, 5.41) is 3.51. The standard InChI is InChI=1S/C17H30N2O2/c1-4-10-21-17-8-7-15(13-16(17)18)12-14(3)19-9-6-11-20-5-2/h7-8,13-14,19H,4-6,9-12,18H2,1-3H3. The van der Waals surface area contributed by atoms with E-state index >= 15 is 0 Å². The number of hydrogen-bond donors (Lipinski definition) is 2. The zero-order valence-corrected chi connectivity index (χ0v) is 13.7. The number of nitrogen functional groups attached to an aromatic ring is 1. The second kappa shape index (κ2) is 10.5. The van der Waals surface area contributed by atoms with Gasteiger partial charge in [0.15, 0.2) is 0 Å². The van der Waals surface area contributed by atoms with Crippen LogP contribution in [0.15, 0.2) is 18.2 Å². The average molecular weight is 294 g/mol. The van der Waals surface area contributed by atoms with Crippen molar-refractivity contribution in [2.24, 2.45) is 0 Å². The van der Waals surface area contributed by atoms with E-state index in [1.165, 1.54) is 5.56 Å². The van der Waals surface area contributed by atoms with Crippen LogP contribution in [0.25, 0.3) is 0 Å². The highest BCUT2D eigenvalue weighted by molar-refractivity contribution is 5.54. The highest BCUT2D eigenvalue weighted by Crippen LogP contribution is 2.23. The Balaban J connectivity index is 2.35. The first-order valence-electron chi connectivity index (χ1n) is 7.99. The largest absolute Gasteiger partial charge is 0.491 e. The Hall–Kier alpha value is -1.26. The van der Waals surface area contributed by atoms with Gasteiger partial charge in [0.1, 0.15) is 5.75 Å². The lowest BCUT2D eigenvalue weighted by molar-refractivity contribution is 0.144. The summed E-state index contributed by atoms with van der Waals surface area (Å²) in [5.41, 5.74) is 7.99. The fourth-order valence-electron chi connectivity index (χ4n) is 2.16. The third kappa shape index (κ3) is 7.34. The van der Waals surface area contributed by atoms with E-state index in [2.05, 4.69) is 25.2 Å². The quantitative estimate of drug-likeness (QED) is 0.486. The smallest absolute Gasteiger partial charge is 0.142 e. The van der Waals surface area contributed by atoms with Crippen LogP contribution in [0.5, 0.6) is 5.75 Å². The molecule has 1 rings (SSSR count). The lowest BCUT2D eigenvalue weighted by Gasteiger charge is -2.15. The molecule has 3 N–H and O–H groups in total. The van der Waals surface area contributed by atoms with Crippen LogP contribution in [-0.2, 0) is 11.2 Å². The summed E-state index contributed by atoms with van der Waals surface area (Å²) in [6.07, 6.45) is 3.00. The topological polar surface area (TPSA) is 56.5 Å². The van der Waals surface area contributed by atoms with Gasteiger partial charge in [-0.1, -0.05) is 13.0 Å². The molecule has 1 aromatic carbocycles. The third-order valence-corrected chi connectivity index (χ3v) is 3.24. The van der Waals surface area contributed by atoms with Gasteiger partial charge >= 0.3 is 0 Å². The summed E-state index contributed by atoms with van der Waals surface area (Å²) in [5.74, 6) is 0.790. The van der Waals surface area contributed by atoms with Crippen molar-refractivity contribution in [1.82, 2.24) is 5.32 Å². The van der Waals surface area contributed by atoms with Gasteiger partial charge in [0.05, 0.1) is 12.3 Å². The molecule has 0 spiro atoms. The molecule has 0 bridgehead atoms. The first-order chi connectivity index (χ1) is 10.2. The maximum Gasteiger partial charge on any atom is 0.142 e. The monoisotopic (exact) mass is 294 g/mol. The van der Waals surface area contributed by atoms with Gasteiger partial charge in [-0.25, -0.2) is 0 Å². The molecule has 0 saturated carbocycles. The third-order valence-electron chi connectivity index (χ3n) is 3.24. The normalized spacial score (nSPS) is 12.3. The molecule has 0 aromatic heterocycles. The van der Waals surface area contributed by atoms with Gasteiger partial charge in [-0.3, -0.25) is 0 Å². The molecule has 0 amide bonds. The van der Waals surface area contributed by atoms with Gasteiger partial charge in [-0.05, 0) is 57.4 Å². The van der Waals surface area contributed by atoms with E-state index in [1.807, 2.05) is 19.1 Å². The highest BCUT2D eigenvalue weighted by Gasteiger charge is 2.06. The molecule has 1 atom stereocenters. The van der Waals surface area contributed by atoms with Crippen LogP contribution in [0.1, 0.15) is 39.2 Å². The lowest BCUT2D eigenvalue weighted by atomic mass is 10.1. The van der Waals surface area contributed by atoms with E-state index < -0.39 is 0 Å². The fraction of sp³-hybridized carbons (Fsp3) is 0.647. The van der Waals surface area contributed by atoms with E-state index in [-0.39, 0.29) is 0 Å². The van der Waals surface area contributed by atoms with Gasteiger partial charge in [0, 0.05) is 19.3 Å². The molecule has 1 unspecified atom stereocenters. The molecule has 0 fully saturated rings. The van der Waals surface area contributed by atoms with Gasteiger partial charge in [-0.2, -0.15) is 0 Å². The van der Waals surface area contributed by atoms with Crippen molar-refractivity contribution in [2.45, 2.75) is 46.1 Å². The van der Waals surface area contributed by atoms with Crippen molar-refractivity contribution in [3.63, 3.8) is 0 Å². The van der Waals surface area contributed by atoms with Crippen LogP contribution in [0.2, 0.25) is 0 Å². The maximum atomic E-state index is 6.03. The molecular weight excluding hydrogens is 264 g/mol. The van der Waals surface area contributed by atoms with Gasteiger partial charge in [-0.15, -0.1) is 0 Å². The molecule has 1 aromatic rings. The van der Waals surface area contributed by atoms with Crippen molar-refractivity contribution < 1.29 is 9.47 Å². The number of ether oxygens (including phenoxy) is 2. The Labute approximate surface area is 129 Å². The molecule has 0 radical (unpaired) electrons. The maximum absolute atomic E-state index is 6.03. The summed E-state index contributed by atoms with van der Waals surface area (Å²) in [6.45, 7) is 9.61. The van der Waals surface area contributed by atoms with Crippen LogP contribution in [0, 0.1) is 0 Å². The Morgan fingerprint density at radius 2 is 2.05 bits per heavy atom. The van der Waals surface area contributed by atoms with E-state index in [1.54, 1.807) is 0 Å². The predicted octanol–water partition coefficient (Wildman–Crippen LogP) is 3.00. The molecule has 0 heterocycles. The number of benzene rings is 1. The fourth-order valence-corrected chi connectivity index (χ4v) is 2.16. The molecule has 0 aliphatic heterocycles. The van der Waals surface area contributed by atoms with Crippen LogP contribution < -0.4 is 15.8 Å². The highest BCUT2D eigenvalue weighted by atomic mass is 16.5. The predicted molar refractivity (Wildman–Crippen MR) is 88.9 cm³/mol. The zero-order valence-electron chi connectivity index (χ0n) is 13.7. The van der Waals surface area contributed by atoms with E-state index in [9.17, 15) is 0 Å². The summed E-state index contributed by atoms with van der Waals surface area (Å²) in [6, 6.07) is 6.51. The van der Waals surface area contributed by atoms with Gasteiger partial charge in [0.2, 0.25) is 0 Å². The molecule has 4 heteroatoms. The van der Waals surface area contributed by atoms with E-state index in [0.29, 0.717) is 12.6 Å².